The highest BCUT2D eigenvalue weighted by molar-refractivity contribution is 6.29. The van der Waals surface area contributed by atoms with Crippen LogP contribution >= 0.6 is 11.6 Å². The Bertz CT molecular complexity index is 401. The third-order valence-corrected chi connectivity index (χ3v) is 3.49. The number of methoxy groups -OCH3 is 1. The van der Waals surface area contributed by atoms with E-state index in [2.05, 4.69) is 16.9 Å². The maximum atomic E-state index is 5.95. The second-order valence-electron chi connectivity index (χ2n) is 4.80. The topological polar surface area (TPSA) is 44.2 Å². The molecule has 1 aromatic heterocycles. The number of hydrogen-bond acceptors (Lipinski definition) is 4. The van der Waals surface area contributed by atoms with Crippen LogP contribution in [0.2, 0.25) is 5.15 Å². The maximum Gasteiger partial charge on any atom is 0.218 e. The Balaban J connectivity index is 2.07. The zero-order valence-corrected chi connectivity index (χ0v) is 11.6. The van der Waals surface area contributed by atoms with Crippen LogP contribution in [0.15, 0.2) is 6.07 Å². The van der Waals surface area contributed by atoms with E-state index in [9.17, 15) is 0 Å². The molecule has 5 heteroatoms. The summed E-state index contributed by atoms with van der Waals surface area (Å²) in [5.74, 6) is 1.68. The fourth-order valence-electron chi connectivity index (χ4n) is 2.31. The van der Waals surface area contributed by atoms with E-state index in [1.54, 1.807) is 13.2 Å². The first-order valence-corrected chi connectivity index (χ1v) is 6.76. The molecule has 1 aromatic rings. The lowest BCUT2D eigenvalue weighted by atomic mass is 9.88. The molecule has 0 saturated heterocycles. The van der Waals surface area contributed by atoms with Crippen molar-refractivity contribution in [1.29, 1.82) is 0 Å². The largest absolute Gasteiger partial charge is 0.474 e. The van der Waals surface area contributed by atoms with Gasteiger partial charge in [0.25, 0.3) is 0 Å². The molecule has 4 nitrogen and oxygen atoms in total. The molecule has 1 saturated carbocycles. The van der Waals surface area contributed by atoms with Crippen molar-refractivity contribution in [2.75, 3.05) is 7.11 Å². The lowest BCUT2D eigenvalue weighted by Gasteiger charge is -2.28. The van der Waals surface area contributed by atoms with Gasteiger partial charge in [0.1, 0.15) is 17.9 Å². The SMILES string of the molecule is COCc1nc(Cl)cc(OC2CCCCC2C)n1. The number of hydrogen-bond donors (Lipinski definition) is 0. The van der Waals surface area contributed by atoms with E-state index in [1.165, 1.54) is 19.3 Å². The van der Waals surface area contributed by atoms with Gasteiger partial charge in [0.2, 0.25) is 5.88 Å². The monoisotopic (exact) mass is 270 g/mol. The summed E-state index contributed by atoms with van der Waals surface area (Å²) >= 11 is 5.95. The molecule has 1 aliphatic carbocycles. The van der Waals surface area contributed by atoms with E-state index < -0.39 is 0 Å². The van der Waals surface area contributed by atoms with Crippen molar-refractivity contribution < 1.29 is 9.47 Å². The summed E-state index contributed by atoms with van der Waals surface area (Å²) in [6, 6.07) is 1.67. The van der Waals surface area contributed by atoms with Crippen molar-refractivity contribution in [1.82, 2.24) is 9.97 Å². The van der Waals surface area contributed by atoms with E-state index in [-0.39, 0.29) is 6.10 Å². The molecule has 18 heavy (non-hydrogen) atoms. The molecule has 0 spiro atoms. The normalized spacial score (nSPS) is 23.9. The van der Waals surface area contributed by atoms with Gasteiger partial charge in [-0.05, 0) is 25.2 Å². The molecule has 1 fully saturated rings. The quantitative estimate of drug-likeness (QED) is 0.788. The number of rotatable bonds is 4. The summed E-state index contributed by atoms with van der Waals surface area (Å²) in [5, 5.41) is 0.399. The Morgan fingerprint density at radius 2 is 2.11 bits per heavy atom. The van der Waals surface area contributed by atoms with Crippen molar-refractivity contribution >= 4 is 11.6 Å². The average molecular weight is 271 g/mol. The molecule has 1 heterocycles. The number of nitrogens with zero attached hydrogens (tertiary/aromatic N) is 2. The molecule has 2 unspecified atom stereocenters. The van der Waals surface area contributed by atoms with E-state index in [0.29, 0.717) is 29.4 Å². The van der Waals surface area contributed by atoms with Gasteiger partial charge in [0.15, 0.2) is 5.82 Å². The minimum absolute atomic E-state index is 0.236. The van der Waals surface area contributed by atoms with Crippen LogP contribution in [-0.4, -0.2) is 23.2 Å². The molecule has 100 valence electrons. The zero-order chi connectivity index (χ0) is 13.0. The number of ether oxygens (including phenoxy) is 2. The third-order valence-electron chi connectivity index (χ3n) is 3.30. The number of aromatic nitrogens is 2. The Morgan fingerprint density at radius 3 is 2.83 bits per heavy atom. The Kier molecular flexibility index (Phi) is 4.78. The highest BCUT2D eigenvalue weighted by Gasteiger charge is 2.23. The molecule has 0 N–H and O–H groups in total. The minimum atomic E-state index is 0.236. The molecular weight excluding hydrogens is 252 g/mol. The summed E-state index contributed by atoms with van der Waals surface area (Å²) in [6.07, 6.45) is 5.05. The Morgan fingerprint density at radius 1 is 1.33 bits per heavy atom. The molecule has 0 aromatic carbocycles. The molecule has 0 aliphatic heterocycles. The van der Waals surface area contributed by atoms with E-state index in [0.717, 1.165) is 6.42 Å². The summed E-state index contributed by atoms with van der Waals surface area (Å²) < 4.78 is 11.0. The van der Waals surface area contributed by atoms with Gasteiger partial charge in [-0.3, -0.25) is 0 Å². The third kappa shape index (κ3) is 3.56. The first-order chi connectivity index (χ1) is 8.69. The van der Waals surface area contributed by atoms with Crippen molar-refractivity contribution in [3.63, 3.8) is 0 Å². The highest BCUT2D eigenvalue weighted by atomic mass is 35.5. The fourth-order valence-corrected chi connectivity index (χ4v) is 2.50. The summed E-state index contributed by atoms with van der Waals surface area (Å²) in [4.78, 5) is 8.39. The summed E-state index contributed by atoms with van der Waals surface area (Å²) in [7, 11) is 1.61. The van der Waals surface area contributed by atoms with Crippen molar-refractivity contribution in [3.05, 3.63) is 17.0 Å². The van der Waals surface area contributed by atoms with Crippen molar-refractivity contribution in [2.45, 2.75) is 45.3 Å². The summed E-state index contributed by atoms with van der Waals surface area (Å²) in [6.45, 7) is 2.57. The predicted octanol–water partition coefficient (Wildman–Crippen LogP) is 3.23. The van der Waals surface area contributed by atoms with E-state index in [4.69, 9.17) is 21.1 Å². The van der Waals surface area contributed by atoms with Gasteiger partial charge in [-0.2, -0.15) is 4.98 Å². The first kappa shape index (κ1) is 13.6. The van der Waals surface area contributed by atoms with Crippen molar-refractivity contribution in [3.8, 4) is 5.88 Å². The van der Waals surface area contributed by atoms with Crippen LogP contribution in [0.5, 0.6) is 5.88 Å². The van der Waals surface area contributed by atoms with Crippen LogP contribution in [0.25, 0.3) is 0 Å². The van der Waals surface area contributed by atoms with Gasteiger partial charge in [0.05, 0.1) is 0 Å². The molecule has 0 radical (unpaired) electrons. The first-order valence-electron chi connectivity index (χ1n) is 6.38. The van der Waals surface area contributed by atoms with Gasteiger partial charge in [-0.25, -0.2) is 4.98 Å². The lowest BCUT2D eigenvalue weighted by molar-refractivity contribution is 0.0960. The van der Waals surface area contributed by atoms with Crippen LogP contribution in [0.4, 0.5) is 0 Å². The molecule has 2 atom stereocenters. The van der Waals surface area contributed by atoms with Gasteiger partial charge >= 0.3 is 0 Å². The minimum Gasteiger partial charge on any atom is -0.474 e. The van der Waals surface area contributed by atoms with Gasteiger partial charge in [0, 0.05) is 13.2 Å². The highest BCUT2D eigenvalue weighted by Crippen LogP contribution is 2.28. The van der Waals surface area contributed by atoms with E-state index in [1.807, 2.05) is 0 Å². The molecule has 0 bridgehead atoms. The average Bonchev–Trinajstić information content (AvgIpc) is 2.32. The number of halogens is 1. The smallest absolute Gasteiger partial charge is 0.218 e. The Labute approximate surface area is 113 Å². The van der Waals surface area contributed by atoms with Crippen molar-refractivity contribution in [2.24, 2.45) is 5.92 Å². The molecule has 0 amide bonds. The van der Waals surface area contributed by atoms with Gasteiger partial charge in [-0.15, -0.1) is 0 Å². The molecule has 1 aliphatic rings. The second-order valence-corrected chi connectivity index (χ2v) is 5.18. The zero-order valence-electron chi connectivity index (χ0n) is 10.9. The van der Waals surface area contributed by atoms with Crippen LogP contribution in [-0.2, 0) is 11.3 Å². The standard InChI is InChI=1S/C13H19ClN2O2/c1-9-5-3-4-6-10(9)18-13-7-11(14)15-12(16-13)8-17-2/h7,9-10H,3-6,8H2,1-2H3. The lowest BCUT2D eigenvalue weighted by Crippen LogP contribution is -2.28. The van der Waals surface area contributed by atoms with Crippen LogP contribution in [0.1, 0.15) is 38.4 Å². The fraction of sp³-hybridized carbons (Fsp3) is 0.692. The van der Waals surface area contributed by atoms with E-state index >= 15 is 0 Å². The second kappa shape index (κ2) is 6.34. The Hall–Kier alpha value is -0.870. The van der Waals surface area contributed by atoms with Crippen LogP contribution in [0.3, 0.4) is 0 Å². The molecule has 2 rings (SSSR count). The maximum absolute atomic E-state index is 5.95. The molecular formula is C13H19ClN2O2. The van der Waals surface area contributed by atoms with Gasteiger partial charge < -0.3 is 9.47 Å². The van der Waals surface area contributed by atoms with Gasteiger partial charge in [-0.1, -0.05) is 24.9 Å². The van der Waals surface area contributed by atoms with Crippen LogP contribution in [0, 0.1) is 5.92 Å². The van der Waals surface area contributed by atoms with Crippen LogP contribution < -0.4 is 4.74 Å². The predicted molar refractivity (Wildman–Crippen MR) is 69.8 cm³/mol. The summed E-state index contributed by atoms with van der Waals surface area (Å²) in [5.41, 5.74) is 0.